The van der Waals surface area contributed by atoms with Crippen LogP contribution in [0.5, 0.6) is 0 Å². The maximum Gasteiger partial charge on any atom is 0.243 e. The van der Waals surface area contributed by atoms with E-state index in [9.17, 15) is 8.42 Å². The number of hydrogen-bond acceptors (Lipinski definition) is 4. The molecule has 1 saturated heterocycles. The third kappa shape index (κ3) is 5.99. The molecule has 0 bridgehead atoms. The van der Waals surface area contributed by atoms with Crippen LogP contribution in [-0.2, 0) is 16.6 Å². The summed E-state index contributed by atoms with van der Waals surface area (Å²) in [6.45, 7) is 1.88. The Bertz CT molecular complexity index is 750. The van der Waals surface area contributed by atoms with Gasteiger partial charge in [-0.05, 0) is 56.1 Å². The maximum absolute atomic E-state index is 12.6. The first-order chi connectivity index (χ1) is 13.0. The van der Waals surface area contributed by atoms with Gasteiger partial charge in [-0.15, -0.1) is 24.0 Å². The summed E-state index contributed by atoms with van der Waals surface area (Å²) in [7, 11) is -1.56. The van der Waals surface area contributed by atoms with Crippen LogP contribution in [0.25, 0.3) is 0 Å². The van der Waals surface area contributed by atoms with Crippen LogP contribution < -0.4 is 10.6 Å². The quantitative estimate of drug-likeness (QED) is 0.331. The summed E-state index contributed by atoms with van der Waals surface area (Å²) in [5.74, 6) is 0.801. The minimum atomic E-state index is -3.34. The number of thioether (sulfide) groups is 1. The van der Waals surface area contributed by atoms with Crippen LogP contribution >= 0.6 is 35.7 Å². The Labute approximate surface area is 190 Å². The molecule has 2 atom stereocenters. The highest BCUT2D eigenvalue weighted by molar-refractivity contribution is 14.0. The van der Waals surface area contributed by atoms with E-state index in [0.717, 1.165) is 29.6 Å². The van der Waals surface area contributed by atoms with Crippen molar-refractivity contribution in [1.82, 2.24) is 14.9 Å². The maximum atomic E-state index is 12.6. The summed E-state index contributed by atoms with van der Waals surface area (Å²) >= 11 is 1.94. The van der Waals surface area contributed by atoms with Gasteiger partial charge in [-0.1, -0.05) is 12.1 Å². The average molecular weight is 539 g/mol. The molecule has 2 unspecified atom stereocenters. The fourth-order valence-electron chi connectivity index (χ4n) is 3.72. The van der Waals surface area contributed by atoms with Gasteiger partial charge in [-0.2, -0.15) is 16.1 Å². The fourth-order valence-corrected chi connectivity index (χ4v) is 6.03. The van der Waals surface area contributed by atoms with Crippen LogP contribution in [0.4, 0.5) is 0 Å². The zero-order valence-electron chi connectivity index (χ0n) is 16.6. The molecule has 1 aliphatic heterocycles. The van der Waals surface area contributed by atoms with Crippen LogP contribution in [-0.4, -0.2) is 56.4 Å². The molecule has 0 spiro atoms. The summed E-state index contributed by atoms with van der Waals surface area (Å²) in [6, 6.07) is 7.65. The van der Waals surface area contributed by atoms with Gasteiger partial charge in [0.15, 0.2) is 5.96 Å². The molecule has 158 valence electrons. The standard InChI is InChI=1S/C19H30N4O2S2.HI/c1-20-19(22-16-7-8-17(13-16)26-2)21-14-15-5-9-18(10-6-15)27(24,25)23-11-3-4-12-23;/h5-6,9-10,16-17H,3-4,7-8,11-14H2,1-2H3,(H2,20,21,22);1H. The van der Waals surface area contributed by atoms with Gasteiger partial charge in [0.1, 0.15) is 0 Å². The Morgan fingerprint density at radius 1 is 1.21 bits per heavy atom. The van der Waals surface area contributed by atoms with Crippen molar-refractivity contribution in [3.05, 3.63) is 29.8 Å². The van der Waals surface area contributed by atoms with Crippen LogP contribution in [0.3, 0.4) is 0 Å². The van der Waals surface area contributed by atoms with Crippen LogP contribution in [0.2, 0.25) is 0 Å². The number of hydrogen-bond donors (Lipinski definition) is 2. The minimum Gasteiger partial charge on any atom is -0.354 e. The lowest BCUT2D eigenvalue weighted by molar-refractivity contribution is 0.477. The second kappa shape index (κ2) is 11.0. The molecule has 0 radical (unpaired) electrons. The molecule has 1 aliphatic carbocycles. The van der Waals surface area contributed by atoms with E-state index in [1.807, 2.05) is 23.9 Å². The van der Waals surface area contributed by atoms with E-state index in [1.54, 1.807) is 23.5 Å². The number of halogens is 1. The highest BCUT2D eigenvalue weighted by Gasteiger charge is 2.27. The highest BCUT2D eigenvalue weighted by Crippen LogP contribution is 2.28. The van der Waals surface area contributed by atoms with E-state index in [-0.39, 0.29) is 24.0 Å². The molecule has 1 aromatic carbocycles. The first-order valence-electron chi connectivity index (χ1n) is 9.62. The van der Waals surface area contributed by atoms with Gasteiger partial charge >= 0.3 is 0 Å². The predicted molar refractivity (Wildman–Crippen MR) is 128 cm³/mol. The summed E-state index contributed by atoms with van der Waals surface area (Å²) < 4.78 is 26.7. The number of benzene rings is 1. The molecule has 2 aliphatic rings. The molecule has 6 nitrogen and oxygen atoms in total. The molecule has 9 heteroatoms. The topological polar surface area (TPSA) is 73.8 Å². The first kappa shape index (κ1) is 23.8. The van der Waals surface area contributed by atoms with E-state index < -0.39 is 10.0 Å². The monoisotopic (exact) mass is 538 g/mol. The lowest BCUT2D eigenvalue weighted by Crippen LogP contribution is -2.42. The molecule has 1 saturated carbocycles. The van der Waals surface area contributed by atoms with E-state index >= 15 is 0 Å². The van der Waals surface area contributed by atoms with E-state index in [2.05, 4.69) is 21.9 Å². The molecule has 2 N–H and O–H groups in total. The molecule has 0 amide bonds. The zero-order valence-corrected chi connectivity index (χ0v) is 20.5. The predicted octanol–water partition coefficient (Wildman–Crippen LogP) is 3.04. The molecule has 2 fully saturated rings. The smallest absolute Gasteiger partial charge is 0.243 e. The van der Waals surface area contributed by atoms with E-state index in [4.69, 9.17) is 0 Å². The van der Waals surface area contributed by atoms with Crippen LogP contribution in [0.1, 0.15) is 37.7 Å². The van der Waals surface area contributed by atoms with Crippen molar-refractivity contribution < 1.29 is 8.42 Å². The highest BCUT2D eigenvalue weighted by atomic mass is 127. The van der Waals surface area contributed by atoms with Crippen molar-refractivity contribution in [1.29, 1.82) is 0 Å². The Kier molecular flexibility index (Phi) is 9.36. The summed E-state index contributed by atoms with van der Waals surface area (Å²) in [4.78, 5) is 4.69. The molecular weight excluding hydrogens is 507 g/mol. The molecule has 1 aromatic rings. The number of sulfonamides is 1. The Morgan fingerprint density at radius 3 is 2.46 bits per heavy atom. The molecule has 0 aromatic heterocycles. The molecule has 3 rings (SSSR count). The van der Waals surface area contributed by atoms with Crippen LogP contribution in [0.15, 0.2) is 34.2 Å². The van der Waals surface area contributed by atoms with E-state index in [1.165, 1.54) is 19.3 Å². The Morgan fingerprint density at radius 2 is 1.89 bits per heavy atom. The molecule has 1 heterocycles. The summed E-state index contributed by atoms with van der Waals surface area (Å²) in [5, 5.41) is 7.57. The van der Waals surface area contributed by atoms with Gasteiger partial charge in [0.05, 0.1) is 4.90 Å². The normalized spacial score (nSPS) is 23.4. The molecule has 28 heavy (non-hydrogen) atoms. The van der Waals surface area contributed by atoms with Gasteiger partial charge in [0.2, 0.25) is 10.0 Å². The third-order valence-corrected chi connectivity index (χ3v) is 8.38. The van der Waals surface area contributed by atoms with Crippen molar-refractivity contribution in [2.75, 3.05) is 26.4 Å². The summed E-state index contributed by atoms with van der Waals surface area (Å²) in [5.41, 5.74) is 1.03. The number of nitrogens with one attached hydrogen (secondary N) is 2. The fraction of sp³-hybridized carbons (Fsp3) is 0.632. The number of nitrogens with zero attached hydrogens (tertiary/aromatic N) is 2. The van der Waals surface area contributed by atoms with Crippen molar-refractivity contribution in [2.45, 2.75) is 54.8 Å². The minimum absolute atomic E-state index is 0. The van der Waals surface area contributed by atoms with Crippen molar-refractivity contribution in [3.8, 4) is 0 Å². The van der Waals surface area contributed by atoms with Crippen LogP contribution in [0, 0.1) is 0 Å². The average Bonchev–Trinajstić information content (AvgIpc) is 3.37. The Balaban J connectivity index is 0.00000280. The lowest BCUT2D eigenvalue weighted by Gasteiger charge is -2.18. The zero-order chi connectivity index (χ0) is 19.3. The third-order valence-electron chi connectivity index (χ3n) is 5.37. The van der Waals surface area contributed by atoms with E-state index in [0.29, 0.717) is 30.6 Å². The molecular formula is C19H31IN4O2S2. The largest absolute Gasteiger partial charge is 0.354 e. The number of guanidine groups is 1. The second-order valence-corrected chi connectivity index (χ2v) is 10.3. The first-order valence-corrected chi connectivity index (χ1v) is 12.3. The number of aliphatic imine (C=N–C) groups is 1. The second-order valence-electron chi connectivity index (χ2n) is 7.19. The van der Waals surface area contributed by atoms with Gasteiger partial charge < -0.3 is 10.6 Å². The van der Waals surface area contributed by atoms with Gasteiger partial charge in [-0.3, -0.25) is 4.99 Å². The van der Waals surface area contributed by atoms with Crippen molar-refractivity contribution in [2.24, 2.45) is 4.99 Å². The lowest BCUT2D eigenvalue weighted by atomic mass is 10.2. The van der Waals surface area contributed by atoms with Gasteiger partial charge in [0.25, 0.3) is 0 Å². The Hall–Kier alpha value is -0.520. The number of rotatable bonds is 6. The SMILES string of the molecule is CN=C(NCc1ccc(S(=O)(=O)N2CCCC2)cc1)NC1CCC(SC)C1.I. The van der Waals surface area contributed by atoms with Gasteiger partial charge in [-0.25, -0.2) is 8.42 Å². The van der Waals surface area contributed by atoms with Crippen molar-refractivity contribution >= 4 is 51.7 Å². The summed E-state index contributed by atoms with van der Waals surface area (Å²) in [6.07, 6.45) is 7.68. The van der Waals surface area contributed by atoms with Crippen molar-refractivity contribution in [3.63, 3.8) is 0 Å². The van der Waals surface area contributed by atoms with Gasteiger partial charge in [0, 0.05) is 38.0 Å².